The molecule has 0 unspecified atom stereocenters. The maximum Gasteiger partial charge on any atom is 0.331 e. The van der Waals surface area contributed by atoms with E-state index in [4.69, 9.17) is 17.7 Å². The van der Waals surface area contributed by atoms with Gasteiger partial charge in [0.1, 0.15) is 16.7 Å². The Morgan fingerprint density at radius 1 is 0.340 bits per heavy atom. The number of fused-ring (bicyclic) bond motifs is 15. The lowest BCUT2D eigenvalue weighted by Gasteiger charge is -2.07. The van der Waals surface area contributed by atoms with E-state index in [1.54, 1.807) is 0 Å². The average Bonchev–Trinajstić information content (AvgIpc) is 4.05. The number of benzene rings is 6. The van der Waals surface area contributed by atoms with Gasteiger partial charge in [0.2, 0.25) is 17.1 Å². The zero-order chi connectivity index (χ0) is 34.4. The molecule has 6 aromatic carbocycles. The zero-order valence-electron chi connectivity index (χ0n) is 27.6. The molecule has 0 aliphatic rings. The van der Waals surface area contributed by atoms with Crippen LogP contribution in [0.4, 0.5) is 0 Å². The number of nitrogens with zero attached hydrogens (tertiary/aromatic N) is 5. The molecule has 13 rings (SSSR count). The minimum Gasteiger partial charge on any atom is -0.439 e. The van der Waals surface area contributed by atoms with Gasteiger partial charge in [-0.25, -0.2) is 9.13 Å². The fraction of sp³-hybridized carbons (Fsp3) is 0. The van der Waals surface area contributed by atoms with Crippen molar-refractivity contribution in [3.8, 4) is 17.7 Å². The van der Waals surface area contributed by atoms with Crippen LogP contribution in [-0.2, 0) is 0 Å². The first kappa shape index (κ1) is 27.2. The van der Waals surface area contributed by atoms with Crippen LogP contribution in [0.3, 0.4) is 0 Å². The fourth-order valence-electron chi connectivity index (χ4n) is 8.52. The van der Waals surface area contributed by atoms with Gasteiger partial charge in [0.15, 0.2) is 0 Å². The number of para-hydroxylation sites is 5. The summed E-state index contributed by atoms with van der Waals surface area (Å²) in [5.74, 6) is 0. The number of rotatable bonds is 3. The third-order valence-corrected chi connectivity index (χ3v) is 10.7. The van der Waals surface area contributed by atoms with Gasteiger partial charge in [0, 0.05) is 38.0 Å². The Kier molecular flexibility index (Phi) is 4.94. The van der Waals surface area contributed by atoms with Gasteiger partial charge in [-0.15, -0.1) is 0 Å². The second-order valence-electron chi connectivity index (χ2n) is 13.4. The standard InChI is InChI=1S/C44H23N5O4/c1-6-16-31-25(11-1)37-27-13-3-8-18-34(27)50-40(37)47(31)24-21-22-33-30(23-24)39-29-15-5-10-20-36(29)52-42(39)49(33)44-46-45-43(53-44)48-32-17-7-2-12-26(32)38-28-14-4-9-19-35(28)51-41(38)48/h1-23H. The predicted octanol–water partition coefficient (Wildman–Crippen LogP) is 11.6. The molecule has 0 fully saturated rings. The molecule has 0 atom stereocenters. The van der Waals surface area contributed by atoms with E-state index in [2.05, 4.69) is 87.6 Å². The first-order chi connectivity index (χ1) is 26.3. The molecule has 0 amide bonds. The van der Waals surface area contributed by atoms with Crippen LogP contribution in [0.25, 0.3) is 117 Å². The lowest BCUT2D eigenvalue weighted by atomic mass is 10.1. The van der Waals surface area contributed by atoms with Gasteiger partial charge in [-0.05, 0) is 48.5 Å². The summed E-state index contributed by atoms with van der Waals surface area (Å²) in [6.45, 7) is 0. The van der Waals surface area contributed by atoms with Crippen LogP contribution in [0, 0.1) is 0 Å². The maximum atomic E-state index is 6.61. The van der Waals surface area contributed by atoms with E-state index in [0.717, 1.165) is 93.2 Å². The van der Waals surface area contributed by atoms with Crippen LogP contribution in [0.2, 0.25) is 0 Å². The highest BCUT2D eigenvalue weighted by Crippen LogP contribution is 2.43. The van der Waals surface area contributed by atoms with E-state index < -0.39 is 0 Å². The van der Waals surface area contributed by atoms with Crippen molar-refractivity contribution in [2.75, 3.05) is 0 Å². The van der Waals surface area contributed by atoms with Crippen LogP contribution in [0.1, 0.15) is 0 Å². The Hall–Kier alpha value is -7.52. The molecule has 7 aromatic heterocycles. The van der Waals surface area contributed by atoms with Crippen LogP contribution in [0.15, 0.2) is 157 Å². The van der Waals surface area contributed by atoms with E-state index >= 15 is 0 Å². The Morgan fingerprint density at radius 2 is 0.736 bits per heavy atom. The molecular weight excluding hydrogens is 663 g/mol. The summed E-state index contributed by atoms with van der Waals surface area (Å²) in [4.78, 5) is 0. The highest BCUT2D eigenvalue weighted by atomic mass is 16.4. The third-order valence-electron chi connectivity index (χ3n) is 10.7. The van der Waals surface area contributed by atoms with Crippen molar-refractivity contribution in [3.63, 3.8) is 0 Å². The Balaban J connectivity index is 1.08. The first-order valence-electron chi connectivity index (χ1n) is 17.4. The first-order valence-corrected chi connectivity index (χ1v) is 17.4. The monoisotopic (exact) mass is 685 g/mol. The van der Waals surface area contributed by atoms with Gasteiger partial charge in [-0.2, -0.15) is 0 Å². The molecule has 9 nitrogen and oxygen atoms in total. The number of hydrogen-bond donors (Lipinski definition) is 0. The molecule has 0 saturated heterocycles. The summed E-state index contributed by atoms with van der Waals surface area (Å²) in [7, 11) is 0. The second kappa shape index (κ2) is 9.62. The Morgan fingerprint density at radius 3 is 1.26 bits per heavy atom. The largest absolute Gasteiger partial charge is 0.439 e. The third kappa shape index (κ3) is 3.41. The van der Waals surface area contributed by atoms with E-state index in [1.165, 1.54) is 0 Å². The van der Waals surface area contributed by atoms with Gasteiger partial charge in [-0.3, -0.25) is 4.57 Å². The fourth-order valence-corrected chi connectivity index (χ4v) is 8.52. The Labute approximate surface area is 297 Å². The second-order valence-corrected chi connectivity index (χ2v) is 13.4. The molecule has 0 aliphatic heterocycles. The highest BCUT2D eigenvalue weighted by molar-refractivity contribution is 6.22. The lowest BCUT2D eigenvalue weighted by molar-refractivity contribution is 0.500. The molecule has 0 N–H and O–H groups in total. The quantitative estimate of drug-likeness (QED) is 0.184. The van der Waals surface area contributed by atoms with Crippen molar-refractivity contribution in [1.82, 2.24) is 23.9 Å². The van der Waals surface area contributed by atoms with Crippen LogP contribution >= 0.6 is 0 Å². The van der Waals surface area contributed by atoms with Gasteiger partial charge in [0.05, 0.1) is 32.7 Å². The van der Waals surface area contributed by atoms with Gasteiger partial charge >= 0.3 is 12.0 Å². The molecule has 0 bridgehead atoms. The summed E-state index contributed by atoms with van der Waals surface area (Å²) in [6, 6.07) is 47.9. The number of furan rings is 3. The predicted molar refractivity (Wildman–Crippen MR) is 207 cm³/mol. The van der Waals surface area contributed by atoms with Crippen molar-refractivity contribution in [2.24, 2.45) is 0 Å². The molecule has 13 aromatic rings. The van der Waals surface area contributed by atoms with Gasteiger partial charge in [0.25, 0.3) is 0 Å². The summed E-state index contributed by atoms with van der Waals surface area (Å²) in [6.07, 6.45) is 0. The van der Waals surface area contributed by atoms with Crippen molar-refractivity contribution in [3.05, 3.63) is 140 Å². The number of hydrogen-bond acceptors (Lipinski definition) is 6. The summed E-state index contributed by atoms with van der Waals surface area (Å²) >= 11 is 0. The molecule has 0 radical (unpaired) electrons. The SMILES string of the molecule is c1ccc2c(c1)oc1c2c2ccccc2n1-c1ccc2c(c1)c1c3ccccc3oc1n2-c1nnc(-n2c3ccccc3c3c4ccccc4oc32)o1. The van der Waals surface area contributed by atoms with E-state index in [-0.39, 0.29) is 6.01 Å². The molecule has 7 heterocycles. The van der Waals surface area contributed by atoms with Crippen molar-refractivity contribution in [2.45, 2.75) is 0 Å². The van der Waals surface area contributed by atoms with E-state index in [9.17, 15) is 0 Å². The van der Waals surface area contributed by atoms with Crippen molar-refractivity contribution >= 4 is 98.9 Å². The minimum atomic E-state index is 0.278. The smallest absolute Gasteiger partial charge is 0.331 e. The summed E-state index contributed by atoms with van der Waals surface area (Å²) < 4.78 is 32.2. The van der Waals surface area contributed by atoms with E-state index in [0.29, 0.717) is 17.4 Å². The molecule has 0 spiro atoms. The van der Waals surface area contributed by atoms with Crippen molar-refractivity contribution < 1.29 is 17.7 Å². The molecule has 0 aliphatic carbocycles. The molecule has 9 heteroatoms. The number of aromatic nitrogens is 5. The normalized spacial score (nSPS) is 12.5. The molecule has 248 valence electrons. The molecule has 53 heavy (non-hydrogen) atoms. The van der Waals surface area contributed by atoms with Gasteiger partial charge < -0.3 is 17.7 Å². The molecule has 0 saturated carbocycles. The Bertz CT molecular complexity index is 3660. The van der Waals surface area contributed by atoms with Crippen LogP contribution in [-0.4, -0.2) is 23.9 Å². The lowest BCUT2D eigenvalue weighted by Crippen LogP contribution is -1.96. The van der Waals surface area contributed by atoms with Gasteiger partial charge in [-0.1, -0.05) is 101 Å². The van der Waals surface area contributed by atoms with Crippen LogP contribution < -0.4 is 0 Å². The van der Waals surface area contributed by atoms with E-state index in [1.807, 2.05) is 75.9 Å². The highest BCUT2D eigenvalue weighted by Gasteiger charge is 2.27. The minimum absolute atomic E-state index is 0.278. The molecular formula is C44H23N5O4. The maximum absolute atomic E-state index is 6.61. The van der Waals surface area contributed by atoms with Crippen LogP contribution in [0.5, 0.6) is 0 Å². The average molecular weight is 686 g/mol. The summed E-state index contributed by atoms with van der Waals surface area (Å²) in [5.41, 5.74) is 8.29. The topological polar surface area (TPSA) is 93.1 Å². The zero-order valence-corrected chi connectivity index (χ0v) is 27.6. The van der Waals surface area contributed by atoms with Crippen molar-refractivity contribution in [1.29, 1.82) is 0 Å². The summed E-state index contributed by atoms with van der Waals surface area (Å²) in [5, 5.41) is 18.6.